The Morgan fingerprint density at radius 2 is 2.00 bits per heavy atom. The average molecular weight is 249 g/mol. The van der Waals surface area contributed by atoms with Crippen molar-refractivity contribution in [1.29, 1.82) is 0 Å². The molecule has 0 saturated carbocycles. The molecule has 18 heavy (non-hydrogen) atoms. The maximum Gasteiger partial charge on any atom is 0.224 e. The van der Waals surface area contributed by atoms with Crippen molar-refractivity contribution in [2.45, 2.75) is 33.6 Å². The number of aliphatic hydroxyl groups is 1. The lowest BCUT2D eigenvalue weighted by Crippen LogP contribution is -2.35. The molecule has 0 radical (unpaired) electrons. The van der Waals surface area contributed by atoms with Gasteiger partial charge in [0, 0.05) is 13.2 Å². The zero-order valence-electron chi connectivity index (χ0n) is 11.5. The molecule has 100 valence electrons. The third-order valence-electron chi connectivity index (χ3n) is 3.16. The fraction of sp³-hybridized carbons (Fsp3) is 0.533. The van der Waals surface area contributed by atoms with E-state index in [0.29, 0.717) is 19.4 Å². The molecule has 0 atom stereocenters. The van der Waals surface area contributed by atoms with E-state index < -0.39 is 0 Å². The van der Waals surface area contributed by atoms with Crippen LogP contribution in [0.1, 0.15) is 31.4 Å². The first-order valence-electron chi connectivity index (χ1n) is 6.37. The SMILES string of the molecule is Cc1ccccc1CC(=O)NCC(C)(C)CCO. The highest BCUT2D eigenvalue weighted by Crippen LogP contribution is 2.18. The lowest BCUT2D eigenvalue weighted by Gasteiger charge is -2.23. The maximum absolute atomic E-state index is 11.8. The lowest BCUT2D eigenvalue weighted by molar-refractivity contribution is -0.120. The van der Waals surface area contributed by atoms with Crippen LogP contribution < -0.4 is 5.32 Å². The minimum atomic E-state index is -0.0594. The Kier molecular flexibility index (Phi) is 5.35. The first-order valence-corrected chi connectivity index (χ1v) is 6.37. The second-order valence-electron chi connectivity index (χ2n) is 5.52. The van der Waals surface area contributed by atoms with E-state index in [9.17, 15) is 4.79 Å². The summed E-state index contributed by atoms with van der Waals surface area (Å²) < 4.78 is 0. The van der Waals surface area contributed by atoms with E-state index in [4.69, 9.17) is 5.11 Å². The summed E-state index contributed by atoms with van der Waals surface area (Å²) in [5, 5.41) is 11.9. The molecule has 0 unspecified atom stereocenters. The van der Waals surface area contributed by atoms with E-state index in [1.165, 1.54) is 0 Å². The normalized spacial score (nSPS) is 11.3. The van der Waals surface area contributed by atoms with Crippen LogP contribution in [0, 0.1) is 12.3 Å². The van der Waals surface area contributed by atoms with Crippen molar-refractivity contribution in [3.8, 4) is 0 Å². The molecule has 0 aliphatic heterocycles. The zero-order valence-corrected chi connectivity index (χ0v) is 11.5. The van der Waals surface area contributed by atoms with Crippen LogP contribution in [-0.4, -0.2) is 24.2 Å². The van der Waals surface area contributed by atoms with Gasteiger partial charge in [0.25, 0.3) is 0 Å². The molecule has 2 N–H and O–H groups in total. The highest BCUT2D eigenvalue weighted by molar-refractivity contribution is 5.78. The number of carbonyl (C=O) groups excluding carboxylic acids is 1. The topological polar surface area (TPSA) is 49.3 Å². The van der Waals surface area contributed by atoms with E-state index in [2.05, 4.69) is 5.32 Å². The Hall–Kier alpha value is -1.35. The van der Waals surface area contributed by atoms with Gasteiger partial charge in [-0.3, -0.25) is 4.79 Å². The zero-order chi connectivity index (χ0) is 13.6. The molecule has 1 aromatic rings. The second kappa shape index (κ2) is 6.55. The van der Waals surface area contributed by atoms with Gasteiger partial charge in [-0.25, -0.2) is 0 Å². The Morgan fingerprint density at radius 1 is 1.33 bits per heavy atom. The second-order valence-corrected chi connectivity index (χ2v) is 5.52. The van der Waals surface area contributed by atoms with Crippen molar-refractivity contribution in [1.82, 2.24) is 5.32 Å². The summed E-state index contributed by atoms with van der Waals surface area (Å²) in [5.41, 5.74) is 2.15. The number of hydrogen-bond donors (Lipinski definition) is 2. The molecule has 1 aromatic carbocycles. The molecule has 0 bridgehead atoms. The van der Waals surface area contributed by atoms with Crippen molar-refractivity contribution < 1.29 is 9.90 Å². The number of rotatable bonds is 6. The lowest BCUT2D eigenvalue weighted by atomic mass is 9.89. The van der Waals surface area contributed by atoms with Gasteiger partial charge in [-0.2, -0.15) is 0 Å². The van der Waals surface area contributed by atoms with Crippen LogP contribution in [0.4, 0.5) is 0 Å². The average Bonchev–Trinajstić information content (AvgIpc) is 2.30. The standard InChI is InChI=1S/C15H23NO2/c1-12-6-4-5-7-13(12)10-14(18)16-11-15(2,3)8-9-17/h4-7,17H,8-11H2,1-3H3,(H,16,18). The predicted octanol–water partition coefficient (Wildman–Crippen LogP) is 2.06. The molecule has 0 aromatic heterocycles. The van der Waals surface area contributed by atoms with Crippen molar-refractivity contribution in [2.75, 3.05) is 13.2 Å². The highest BCUT2D eigenvalue weighted by Gasteiger charge is 2.18. The van der Waals surface area contributed by atoms with E-state index in [0.717, 1.165) is 11.1 Å². The number of benzene rings is 1. The van der Waals surface area contributed by atoms with Crippen LogP contribution in [-0.2, 0) is 11.2 Å². The third kappa shape index (κ3) is 4.88. The monoisotopic (exact) mass is 249 g/mol. The molecular weight excluding hydrogens is 226 g/mol. The van der Waals surface area contributed by atoms with Gasteiger partial charge >= 0.3 is 0 Å². The Bertz CT molecular complexity index is 399. The minimum absolute atomic E-state index is 0.0373. The quantitative estimate of drug-likeness (QED) is 0.811. The first-order chi connectivity index (χ1) is 8.44. The van der Waals surface area contributed by atoms with Gasteiger partial charge in [-0.1, -0.05) is 38.1 Å². The van der Waals surface area contributed by atoms with E-state index >= 15 is 0 Å². The summed E-state index contributed by atoms with van der Waals surface area (Å²) in [6.07, 6.45) is 1.11. The molecular formula is C15H23NO2. The maximum atomic E-state index is 11.8. The summed E-state index contributed by atoms with van der Waals surface area (Å²) in [4.78, 5) is 11.8. The molecule has 3 heteroatoms. The van der Waals surface area contributed by atoms with E-state index in [-0.39, 0.29) is 17.9 Å². The molecule has 0 aliphatic rings. The van der Waals surface area contributed by atoms with Gasteiger partial charge in [0.1, 0.15) is 0 Å². The molecule has 0 saturated heterocycles. The smallest absolute Gasteiger partial charge is 0.224 e. The van der Waals surface area contributed by atoms with Crippen LogP contribution in [0.25, 0.3) is 0 Å². The van der Waals surface area contributed by atoms with Crippen molar-refractivity contribution in [2.24, 2.45) is 5.41 Å². The molecule has 0 heterocycles. The summed E-state index contributed by atoms with van der Waals surface area (Å²) in [6.45, 7) is 6.84. The van der Waals surface area contributed by atoms with Crippen LogP contribution in [0.5, 0.6) is 0 Å². The molecule has 0 spiro atoms. The summed E-state index contributed by atoms with van der Waals surface area (Å²) in [7, 11) is 0. The van der Waals surface area contributed by atoms with Crippen molar-refractivity contribution >= 4 is 5.91 Å². The van der Waals surface area contributed by atoms with Crippen LogP contribution >= 0.6 is 0 Å². The van der Waals surface area contributed by atoms with Gasteiger partial charge in [0.2, 0.25) is 5.91 Å². The number of amides is 1. The highest BCUT2D eigenvalue weighted by atomic mass is 16.3. The van der Waals surface area contributed by atoms with Crippen LogP contribution in [0.2, 0.25) is 0 Å². The van der Waals surface area contributed by atoms with Crippen molar-refractivity contribution in [3.63, 3.8) is 0 Å². The van der Waals surface area contributed by atoms with Crippen LogP contribution in [0.15, 0.2) is 24.3 Å². The van der Waals surface area contributed by atoms with E-state index in [1.54, 1.807) is 0 Å². The number of hydrogen-bond acceptors (Lipinski definition) is 2. The molecule has 0 aliphatic carbocycles. The Morgan fingerprint density at radius 3 is 2.61 bits per heavy atom. The largest absolute Gasteiger partial charge is 0.396 e. The predicted molar refractivity (Wildman–Crippen MR) is 73.4 cm³/mol. The van der Waals surface area contributed by atoms with Gasteiger partial charge < -0.3 is 10.4 Å². The summed E-state index contributed by atoms with van der Waals surface area (Å²) >= 11 is 0. The Labute approximate surface area is 109 Å². The molecule has 1 amide bonds. The molecule has 1 rings (SSSR count). The Balaban J connectivity index is 2.46. The van der Waals surface area contributed by atoms with E-state index in [1.807, 2.05) is 45.0 Å². The number of aliphatic hydroxyl groups excluding tert-OH is 1. The number of carbonyl (C=O) groups is 1. The summed E-state index contributed by atoms with van der Waals surface area (Å²) in [5.74, 6) is 0.0373. The fourth-order valence-electron chi connectivity index (χ4n) is 1.77. The number of nitrogens with one attached hydrogen (secondary N) is 1. The minimum Gasteiger partial charge on any atom is -0.396 e. The van der Waals surface area contributed by atoms with Gasteiger partial charge in [0.15, 0.2) is 0 Å². The van der Waals surface area contributed by atoms with Gasteiger partial charge in [-0.15, -0.1) is 0 Å². The first kappa shape index (κ1) is 14.7. The van der Waals surface area contributed by atoms with Gasteiger partial charge in [0.05, 0.1) is 6.42 Å². The number of aryl methyl sites for hydroxylation is 1. The summed E-state index contributed by atoms with van der Waals surface area (Å²) in [6, 6.07) is 7.92. The fourth-order valence-corrected chi connectivity index (χ4v) is 1.77. The molecule has 0 fully saturated rings. The van der Waals surface area contributed by atoms with Gasteiger partial charge in [-0.05, 0) is 29.9 Å². The molecule has 3 nitrogen and oxygen atoms in total. The van der Waals surface area contributed by atoms with Crippen LogP contribution in [0.3, 0.4) is 0 Å². The van der Waals surface area contributed by atoms with Crippen molar-refractivity contribution in [3.05, 3.63) is 35.4 Å². The third-order valence-corrected chi connectivity index (χ3v) is 3.16.